The Balaban J connectivity index is 2.30. The Morgan fingerprint density at radius 2 is 2.00 bits per heavy atom. The van der Waals surface area contributed by atoms with Gasteiger partial charge in [0.05, 0.1) is 28.9 Å². The Bertz CT molecular complexity index is 738. The summed E-state index contributed by atoms with van der Waals surface area (Å²) in [7, 11) is 1.52. The summed E-state index contributed by atoms with van der Waals surface area (Å²) in [4.78, 5) is 12.4. The number of halogens is 3. The number of anilines is 1. The fourth-order valence-corrected chi connectivity index (χ4v) is 2.93. The number of carbonyl (C=O) groups is 1. The fraction of sp³-hybridized carbons (Fsp3) is 0.188. The van der Waals surface area contributed by atoms with E-state index < -0.39 is 0 Å². The lowest BCUT2D eigenvalue weighted by molar-refractivity contribution is 0.102. The van der Waals surface area contributed by atoms with Crippen molar-refractivity contribution in [2.45, 2.75) is 6.92 Å². The largest absolute Gasteiger partial charge is 0.493 e. The second-order valence-corrected chi connectivity index (χ2v) is 6.20. The van der Waals surface area contributed by atoms with Crippen LogP contribution in [0.3, 0.4) is 0 Å². The Morgan fingerprint density at radius 3 is 2.61 bits per heavy atom. The topological polar surface area (TPSA) is 47.6 Å². The molecule has 0 aliphatic carbocycles. The number of hydrogen-bond donors (Lipinski definition) is 1. The highest BCUT2D eigenvalue weighted by atomic mass is 79.9. The minimum absolute atomic E-state index is 0.323. The summed E-state index contributed by atoms with van der Waals surface area (Å²) >= 11 is 15.3. The highest BCUT2D eigenvalue weighted by Gasteiger charge is 2.16. The zero-order valence-electron chi connectivity index (χ0n) is 12.5. The summed E-state index contributed by atoms with van der Waals surface area (Å²) in [6.07, 6.45) is 0. The highest BCUT2D eigenvalue weighted by molar-refractivity contribution is 9.10. The molecule has 1 amide bonds. The molecule has 0 saturated heterocycles. The minimum atomic E-state index is -0.323. The molecule has 0 heterocycles. The summed E-state index contributed by atoms with van der Waals surface area (Å²) in [6.45, 7) is 2.36. The van der Waals surface area contributed by atoms with Crippen molar-refractivity contribution in [1.82, 2.24) is 0 Å². The molecule has 122 valence electrons. The average Bonchev–Trinajstić information content (AvgIpc) is 2.51. The van der Waals surface area contributed by atoms with Crippen LogP contribution in [0.5, 0.6) is 11.5 Å². The Morgan fingerprint density at radius 1 is 1.26 bits per heavy atom. The van der Waals surface area contributed by atoms with Crippen molar-refractivity contribution in [2.24, 2.45) is 0 Å². The molecule has 0 saturated carbocycles. The first-order chi connectivity index (χ1) is 11.0. The molecule has 23 heavy (non-hydrogen) atoms. The van der Waals surface area contributed by atoms with Gasteiger partial charge in [0.1, 0.15) is 0 Å². The van der Waals surface area contributed by atoms with E-state index in [4.69, 9.17) is 32.7 Å². The number of rotatable bonds is 5. The van der Waals surface area contributed by atoms with Gasteiger partial charge in [0.15, 0.2) is 11.5 Å². The predicted molar refractivity (Wildman–Crippen MR) is 96.3 cm³/mol. The van der Waals surface area contributed by atoms with Crippen LogP contribution in [0.2, 0.25) is 10.0 Å². The Hall–Kier alpha value is -1.43. The van der Waals surface area contributed by atoms with Crippen LogP contribution in [0.15, 0.2) is 34.8 Å². The maximum absolute atomic E-state index is 12.4. The van der Waals surface area contributed by atoms with Crippen LogP contribution < -0.4 is 14.8 Å². The monoisotopic (exact) mass is 417 g/mol. The molecule has 2 aromatic carbocycles. The normalized spacial score (nSPS) is 10.3. The van der Waals surface area contributed by atoms with Crippen molar-refractivity contribution in [2.75, 3.05) is 19.0 Å². The van der Waals surface area contributed by atoms with E-state index in [-0.39, 0.29) is 5.91 Å². The number of ether oxygens (including phenoxy) is 2. The minimum Gasteiger partial charge on any atom is -0.493 e. The lowest BCUT2D eigenvalue weighted by atomic mass is 10.1. The third-order valence-electron chi connectivity index (χ3n) is 2.96. The molecule has 1 N–H and O–H groups in total. The van der Waals surface area contributed by atoms with E-state index in [9.17, 15) is 4.79 Å². The first-order valence-corrected chi connectivity index (χ1v) is 8.28. The van der Waals surface area contributed by atoms with Gasteiger partial charge in [0.25, 0.3) is 5.91 Å². The van der Waals surface area contributed by atoms with Crippen molar-refractivity contribution in [3.63, 3.8) is 0 Å². The molecule has 0 atom stereocenters. The van der Waals surface area contributed by atoms with Crippen LogP contribution in [0.25, 0.3) is 0 Å². The third kappa shape index (κ3) is 4.31. The standard InChI is InChI=1S/C16H14BrCl2NO3/c1-3-23-15-11(17)6-9(7-14(15)22-2)16(21)20-13-5-4-10(18)8-12(13)19/h4-8H,3H2,1-2H3,(H,20,21). The van der Waals surface area contributed by atoms with Crippen LogP contribution in [0, 0.1) is 0 Å². The summed E-state index contributed by atoms with van der Waals surface area (Å²) < 4.78 is 11.4. The number of carbonyl (C=O) groups excluding carboxylic acids is 1. The van der Waals surface area contributed by atoms with Crippen LogP contribution in [0.1, 0.15) is 17.3 Å². The first-order valence-electron chi connectivity index (χ1n) is 6.73. The second kappa shape index (κ2) is 7.90. The molecular weight excluding hydrogens is 405 g/mol. The molecule has 4 nitrogen and oxygen atoms in total. The molecule has 0 radical (unpaired) electrons. The number of methoxy groups -OCH3 is 1. The molecule has 0 unspecified atom stereocenters. The molecular formula is C16H14BrCl2NO3. The van der Waals surface area contributed by atoms with Crippen LogP contribution in [-0.4, -0.2) is 19.6 Å². The molecule has 0 bridgehead atoms. The molecule has 7 heteroatoms. The molecule has 0 aliphatic heterocycles. The van der Waals surface area contributed by atoms with E-state index in [0.717, 1.165) is 0 Å². The van der Waals surface area contributed by atoms with E-state index in [0.29, 0.717) is 43.9 Å². The van der Waals surface area contributed by atoms with Crippen molar-refractivity contribution in [3.05, 3.63) is 50.4 Å². The summed E-state index contributed by atoms with van der Waals surface area (Å²) in [5, 5.41) is 3.60. The van der Waals surface area contributed by atoms with Crippen LogP contribution in [-0.2, 0) is 0 Å². The maximum atomic E-state index is 12.4. The van der Waals surface area contributed by atoms with Crippen molar-refractivity contribution in [1.29, 1.82) is 0 Å². The Kier molecular flexibility index (Phi) is 6.16. The predicted octanol–water partition coefficient (Wildman–Crippen LogP) is 5.42. The zero-order chi connectivity index (χ0) is 17.0. The van der Waals surface area contributed by atoms with Gasteiger partial charge >= 0.3 is 0 Å². The lowest BCUT2D eigenvalue weighted by Crippen LogP contribution is -2.13. The van der Waals surface area contributed by atoms with E-state index in [1.54, 1.807) is 30.3 Å². The SMILES string of the molecule is CCOc1c(Br)cc(C(=O)Nc2ccc(Cl)cc2Cl)cc1OC. The molecule has 0 aromatic heterocycles. The van der Waals surface area contributed by atoms with Crippen molar-refractivity contribution < 1.29 is 14.3 Å². The lowest BCUT2D eigenvalue weighted by Gasteiger charge is -2.14. The summed E-state index contributed by atoms with van der Waals surface area (Å²) in [5.74, 6) is 0.695. The molecule has 2 aromatic rings. The van der Waals surface area contributed by atoms with Gasteiger partial charge in [0.2, 0.25) is 0 Å². The van der Waals surface area contributed by atoms with Gasteiger partial charge in [-0.05, 0) is 53.2 Å². The molecule has 2 rings (SSSR count). The summed E-state index contributed by atoms with van der Waals surface area (Å²) in [6, 6.07) is 8.12. The van der Waals surface area contributed by atoms with Crippen molar-refractivity contribution in [3.8, 4) is 11.5 Å². The number of nitrogens with one attached hydrogen (secondary N) is 1. The zero-order valence-corrected chi connectivity index (χ0v) is 15.6. The Labute approximate surface area is 152 Å². The van der Waals surface area contributed by atoms with Gasteiger partial charge in [0, 0.05) is 10.6 Å². The highest BCUT2D eigenvalue weighted by Crippen LogP contribution is 2.37. The van der Waals surface area contributed by atoms with Crippen molar-refractivity contribution >= 4 is 50.7 Å². The van der Waals surface area contributed by atoms with E-state index in [2.05, 4.69) is 21.2 Å². The quantitative estimate of drug-likeness (QED) is 0.705. The van der Waals surface area contributed by atoms with Crippen LogP contribution in [0.4, 0.5) is 5.69 Å². The van der Waals surface area contributed by atoms with E-state index in [1.165, 1.54) is 7.11 Å². The third-order valence-corrected chi connectivity index (χ3v) is 4.10. The fourth-order valence-electron chi connectivity index (χ4n) is 1.92. The van der Waals surface area contributed by atoms with Gasteiger partial charge in [-0.25, -0.2) is 0 Å². The maximum Gasteiger partial charge on any atom is 0.255 e. The van der Waals surface area contributed by atoms with Gasteiger partial charge < -0.3 is 14.8 Å². The van der Waals surface area contributed by atoms with E-state index in [1.807, 2.05) is 6.92 Å². The van der Waals surface area contributed by atoms with Gasteiger partial charge in [-0.15, -0.1) is 0 Å². The van der Waals surface area contributed by atoms with Crippen LogP contribution >= 0.6 is 39.1 Å². The first kappa shape index (κ1) is 17.9. The number of benzene rings is 2. The molecule has 0 spiro atoms. The number of hydrogen-bond acceptors (Lipinski definition) is 3. The average molecular weight is 419 g/mol. The second-order valence-electron chi connectivity index (χ2n) is 4.50. The van der Waals surface area contributed by atoms with Gasteiger partial charge in [-0.2, -0.15) is 0 Å². The molecule has 0 fully saturated rings. The van der Waals surface area contributed by atoms with Gasteiger partial charge in [-0.1, -0.05) is 23.2 Å². The molecule has 0 aliphatic rings. The smallest absolute Gasteiger partial charge is 0.255 e. The number of amides is 1. The van der Waals surface area contributed by atoms with E-state index >= 15 is 0 Å². The van der Waals surface area contributed by atoms with Gasteiger partial charge in [-0.3, -0.25) is 4.79 Å². The summed E-state index contributed by atoms with van der Waals surface area (Å²) in [5.41, 5.74) is 0.883.